The average molecular weight is 313 g/mol. The second-order valence-electron chi connectivity index (χ2n) is 5.68. The molecule has 0 bridgehead atoms. The lowest BCUT2D eigenvalue weighted by molar-refractivity contribution is 0.269. The Labute approximate surface area is 139 Å². The Morgan fingerprint density at radius 2 is 1.70 bits per heavy atom. The summed E-state index contributed by atoms with van der Waals surface area (Å²) in [6.07, 6.45) is 1.12. The Balaban J connectivity index is 2.03. The maximum Gasteiger partial charge on any atom is 0.161 e. The molecule has 2 aromatic carbocycles. The van der Waals surface area contributed by atoms with Crippen LogP contribution in [0.4, 0.5) is 0 Å². The molecule has 3 heteroatoms. The van der Waals surface area contributed by atoms with Crippen LogP contribution in [0.15, 0.2) is 48.5 Å². The largest absolute Gasteiger partial charge is 0.490 e. The zero-order valence-corrected chi connectivity index (χ0v) is 14.3. The number of benzene rings is 2. The number of hydrogen-bond donors (Lipinski definition) is 1. The maximum absolute atomic E-state index is 5.93. The zero-order valence-electron chi connectivity index (χ0n) is 14.3. The predicted molar refractivity (Wildman–Crippen MR) is 95.0 cm³/mol. The second-order valence-corrected chi connectivity index (χ2v) is 5.68. The van der Waals surface area contributed by atoms with Crippen molar-refractivity contribution in [3.8, 4) is 11.5 Å². The van der Waals surface area contributed by atoms with Crippen LogP contribution in [0.5, 0.6) is 11.5 Å². The highest BCUT2D eigenvalue weighted by molar-refractivity contribution is 5.43. The lowest BCUT2D eigenvalue weighted by Crippen LogP contribution is -2.24. The molecular weight excluding hydrogens is 286 g/mol. The van der Waals surface area contributed by atoms with E-state index in [2.05, 4.69) is 43.4 Å². The van der Waals surface area contributed by atoms with Crippen LogP contribution >= 0.6 is 0 Å². The Hall–Kier alpha value is -2.00. The van der Waals surface area contributed by atoms with Crippen molar-refractivity contribution in [3.63, 3.8) is 0 Å². The quantitative estimate of drug-likeness (QED) is 0.736. The van der Waals surface area contributed by atoms with E-state index in [4.69, 9.17) is 9.47 Å². The molecule has 0 aliphatic carbocycles. The van der Waals surface area contributed by atoms with Gasteiger partial charge in [-0.3, -0.25) is 0 Å². The normalized spacial score (nSPS) is 12.0. The van der Waals surface area contributed by atoms with E-state index in [1.165, 1.54) is 5.56 Å². The molecule has 0 unspecified atom stereocenters. The second kappa shape index (κ2) is 9.21. The van der Waals surface area contributed by atoms with Gasteiger partial charge in [-0.2, -0.15) is 0 Å². The van der Waals surface area contributed by atoms with Crippen molar-refractivity contribution in [2.24, 2.45) is 0 Å². The summed E-state index contributed by atoms with van der Waals surface area (Å²) in [6, 6.07) is 16.8. The molecule has 0 heterocycles. The van der Waals surface area contributed by atoms with Gasteiger partial charge < -0.3 is 14.8 Å². The van der Waals surface area contributed by atoms with Crippen LogP contribution in [-0.4, -0.2) is 12.6 Å². The van der Waals surface area contributed by atoms with Crippen molar-refractivity contribution < 1.29 is 9.47 Å². The van der Waals surface area contributed by atoms with Crippen molar-refractivity contribution in [2.45, 2.75) is 46.4 Å². The van der Waals surface area contributed by atoms with Gasteiger partial charge in [0.2, 0.25) is 0 Å². The van der Waals surface area contributed by atoms with Gasteiger partial charge in [-0.05, 0) is 43.5 Å². The molecule has 124 valence electrons. The first-order chi connectivity index (χ1) is 11.2. The van der Waals surface area contributed by atoms with Gasteiger partial charge in [0.05, 0.1) is 6.61 Å². The molecule has 0 amide bonds. The Bertz CT molecular complexity index is 583. The van der Waals surface area contributed by atoms with E-state index in [-0.39, 0.29) is 0 Å². The van der Waals surface area contributed by atoms with Crippen molar-refractivity contribution in [2.75, 3.05) is 6.61 Å². The van der Waals surface area contributed by atoms with Crippen LogP contribution < -0.4 is 14.8 Å². The lowest BCUT2D eigenvalue weighted by Gasteiger charge is -2.15. The van der Waals surface area contributed by atoms with E-state index in [1.807, 2.05) is 31.2 Å². The monoisotopic (exact) mass is 313 g/mol. The minimum Gasteiger partial charge on any atom is -0.490 e. The fraction of sp³-hybridized carbons (Fsp3) is 0.400. The van der Waals surface area contributed by atoms with Crippen molar-refractivity contribution in [1.29, 1.82) is 0 Å². The zero-order chi connectivity index (χ0) is 16.5. The summed E-state index contributed by atoms with van der Waals surface area (Å²) in [5.74, 6) is 1.61. The molecule has 0 fully saturated rings. The molecule has 0 saturated heterocycles. The molecule has 23 heavy (non-hydrogen) atoms. The maximum atomic E-state index is 5.93. The minimum absolute atomic E-state index is 0.513. The van der Waals surface area contributed by atoms with Gasteiger partial charge in [0.15, 0.2) is 11.5 Å². The van der Waals surface area contributed by atoms with Crippen LogP contribution in [0.1, 0.15) is 38.3 Å². The molecule has 0 saturated carbocycles. The van der Waals surface area contributed by atoms with Crippen LogP contribution in [0.3, 0.4) is 0 Å². The first-order valence-corrected chi connectivity index (χ1v) is 8.38. The lowest BCUT2D eigenvalue weighted by atomic mass is 10.1. The van der Waals surface area contributed by atoms with Gasteiger partial charge in [-0.15, -0.1) is 0 Å². The first-order valence-electron chi connectivity index (χ1n) is 8.38. The smallest absolute Gasteiger partial charge is 0.161 e. The molecule has 0 aromatic heterocycles. The summed E-state index contributed by atoms with van der Waals surface area (Å²) >= 11 is 0. The highest BCUT2D eigenvalue weighted by Gasteiger charge is 2.08. The summed E-state index contributed by atoms with van der Waals surface area (Å²) in [7, 11) is 0. The third-order valence-corrected chi connectivity index (χ3v) is 3.81. The summed E-state index contributed by atoms with van der Waals surface area (Å²) in [5, 5.41) is 3.50. The minimum atomic E-state index is 0.513. The fourth-order valence-corrected chi connectivity index (χ4v) is 2.22. The number of nitrogens with one attached hydrogen (secondary N) is 1. The molecule has 1 atom stereocenters. The number of rotatable bonds is 9. The van der Waals surface area contributed by atoms with Gasteiger partial charge >= 0.3 is 0 Å². The predicted octanol–water partition coefficient (Wildman–Crippen LogP) is 4.55. The van der Waals surface area contributed by atoms with Gasteiger partial charge in [0.25, 0.3) is 0 Å². The fourth-order valence-electron chi connectivity index (χ4n) is 2.22. The molecular formula is C20H27NO2. The molecule has 2 aromatic rings. The molecule has 3 nitrogen and oxygen atoms in total. The summed E-state index contributed by atoms with van der Waals surface area (Å²) in [6.45, 7) is 8.39. The molecule has 0 aliphatic heterocycles. The van der Waals surface area contributed by atoms with Crippen LogP contribution in [0, 0.1) is 0 Å². The topological polar surface area (TPSA) is 30.5 Å². The van der Waals surface area contributed by atoms with Gasteiger partial charge in [-0.25, -0.2) is 0 Å². The van der Waals surface area contributed by atoms with E-state index < -0.39 is 0 Å². The van der Waals surface area contributed by atoms with E-state index in [0.29, 0.717) is 19.3 Å². The molecule has 0 radical (unpaired) electrons. The van der Waals surface area contributed by atoms with Gasteiger partial charge in [-0.1, -0.05) is 43.3 Å². The van der Waals surface area contributed by atoms with E-state index in [0.717, 1.165) is 30.0 Å². The molecule has 2 rings (SSSR count). The average Bonchev–Trinajstić information content (AvgIpc) is 2.60. The molecule has 0 spiro atoms. The Kier molecular flexibility index (Phi) is 6.95. The van der Waals surface area contributed by atoms with Crippen LogP contribution in [0.25, 0.3) is 0 Å². The molecule has 0 aliphatic rings. The third kappa shape index (κ3) is 5.61. The van der Waals surface area contributed by atoms with Crippen LogP contribution in [-0.2, 0) is 13.2 Å². The number of hydrogen-bond acceptors (Lipinski definition) is 3. The Morgan fingerprint density at radius 3 is 2.39 bits per heavy atom. The summed E-state index contributed by atoms with van der Waals surface area (Å²) in [5.41, 5.74) is 2.36. The number of ether oxygens (including phenoxy) is 2. The van der Waals surface area contributed by atoms with E-state index >= 15 is 0 Å². The molecule has 1 N–H and O–H groups in total. The van der Waals surface area contributed by atoms with Crippen molar-refractivity contribution >= 4 is 0 Å². The summed E-state index contributed by atoms with van der Waals surface area (Å²) in [4.78, 5) is 0. The van der Waals surface area contributed by atoms with Gasteiger partial charge in [0.1, 0.15) is 6.61 Å². The SMILES string of the molecule is CCOc1cc(CN[C@@H](C)CC)ccc1OCc1ccccc1. The van der Waals surface area contributed by atoms with E-state index in [9.17, 15) is 0 Å². The van der Waals surface area contributed by atoms with Crippen molar-refractivity contribution in [1.82, 2.24) is 5.32 Å². The summed E-state index contributed by atoms with van der Waals surface area (Å²) < 4.78 is 11.7. The highest BCUT2D eigenvalue weighted by Crippen LogP contribution is 2.29. The standard InChI is InChI=1S/C20H27NO2/c1-4-16(3)21-14-18-11-12-19(20(13-18)22-5-2)23-15-17-9-7-6-8-10-17/h6-13,16,21H,4-5,14-15H2,1-3H3/t16-/m0/s1. The van der Waals surface area contributed by atoms with Crippen molar-refractivity contribution in [3.05, 3.63) is 59.7 Å². The van der Waals surface area contributed by atoms with Crippen LogP contribution in [0.2, 0.25) is 0 Å². The highest BCUT2D eigenvalue weighted by atomic mass is 16.5. The Morgan fingerprint density at radius 1 is 0.913 bits per heavy atom. The first kappa shape index (κ1) is 17.4. The van der Waals surface area contributed by atoms with Gasteiger partial charge in [0, 0.05) is 12.6 Å². The van der Waals surface area contributed by atoms with E-state index in [1.54, 1.807) is 0 Å². The third-order valence-electron chi connectivity index (χ3n) is 3.81.